The highest BCUT2D eigenvalue weighted by Gasteiger charge is 2.28. The predicted octanol–water partition coefficient (Wildman–Crippen LogP) is -1.30. The van der Waals surface area contributed by atoms with Gasteiger partial charge in [0.15, 0.2) is 9.84 Å². The normalized spacial score (nSPS) is 18.1. The Morgan fingerprint density at radius 2 is 1.55 bits per heavy atom. The van der Waals surface area contributed by atoms with Gasteiger partial charge in [-0.25, -0.2) is 13.2 Å². The molecule has 0 bridgehead atoms. The van der Waals surface area contributed by atoms with Gasteiger partial charge in [-0.05, 0) is 6.42 Å². The third-order valence-corrected chi connectivity index (χ3v) is 4.46. The summed E-state index contributed by atoms with van der Waals surface area (Å²) in [5.74, 6) is -2.90. The van der Waals surface area contributed by atoms with E-state index >= 15 is 0 Å². The number of aliphatic carboxylic acids is 2. The molecule has 10 heteroatoms. The van der Waals surface area contributed by atoms with Crippen molar-refractivity contribution in [3.8, 4) is 0 Å². The maximum atomic E-state index is 12.1. The van der Waals surface area contributed by atoms with E-state index in [1.54, 1.807) is 0 Å². The van der Waals surface area contributed by atoms with Crippen LogP contribution in [0, 0.1) is 0 Å². The van der Waals surface area contributed by atoms with E-state index in [1.807, 2.05) is 0 Å². The van der Waals surface area contributed by atoms with E-state index in [0.29, 0.717) is 4.90 Å². The standard InChI is InChI=1S/C10H16N2O7S/c13-8(14)6-12(7-9(15)16)10(17)11-2-1-4-20(18,19)5-3-11/h1-7H2,(H,13,14)(H,15,16). The van der Waals surface area contributed by atoms with Crippen LogP contribution < -0.4 is 0 Å². The highest BCUT2D eigenvalue weighted by Crippen LogP contribution is 2.08. The van der Waals surface area contributed by atoms with Crippen LogP contribution in [0.2, 0.25) is 0 Å². The van der Waals surface area contributed by atoms with Crippen LogP contribution in [-0.4, -0.2) is 84.1 Å². The Labute approximate surface area is 115 Å². The minimum atomic E-state index is -3.20. The molecule has 0 spiro atoms. The molecule has 114 valence electrons. The fourth-order valence-electron chi connectivity index (χ4n) is 1.85. The van der Waals surface area contributed by atoms with E-state index in [4.69, 9.17) is 10.2 Å². The topological polar surface area (TPSA) is 132 Å². The molecule has 20 heavy (non-hydrogen) atoms. The van der Waals surface area contributed by atoms with Crippen LogP contribution in [0.15, 0.2) is 0 Å². The van der Waals surface area contributed by atoms with Gasteiger partial charge in [-0.2, -0.15) is 0 Å². The zero-order valence-corrected chi connectivity index (χ0v) is 11.5. The summed E-state index contributed by atoms with van der Waals surface area (Å²) in [5.41, 5.74) is 0. The Balaban J connectivity index is 2.77. The highest BCUT2D eigenvalue weighted by atomic mass is 32.2. The van der Waals surface area contributed by atoms with Crippen LogP contribution in [0.4, 0.5) is 4.79 Å². The molecule has 0 aromatic heterocycles. The van der Waals surface area contributed by atoms with E-state index in [1.165, 1.54) is 4.90 Å². The van der Waals surface area contributed by atoms with Gasteiger partial charge in [0.2, 0.25) is 0 Å². The lowest BCUT2D eigenvalue weighted by Crippen LogP contribution is -2.48. The number of amides is 2. The maximum Gasteiger partial charge on any atom is 0.323 e. The second-order valence-corrected chi connectivity index (χ2v) is 6.72. The highest BCUT2D eigenvalue weighted by molar-refractivity contribution is 7.91. The smallest absolute Gasteiger partial charge is 0.323 e. The summed E-state index contributed by atoms with van der Waals surface area (Å²) in [7, 11) is -3.20. The van der Waals surface area contributed by atoms with Crippen LogP contribution in [0.5, 0.6) is 0 Å². The average Bonchev–Trinajstić information content (AvgIpc) is 2.47. The van der Waals surface area contributed by atoms with Gasteiger partial charge in [0, 0.05) is 13.1 Å². The van der Waals surface area contributed by atoms with E-state index in [-0.39, 0.29) is 31.0 Å². The molecule has 1 aliphatic rings. The molecule has 1 rings (SSSR count). The maximum absolute atomic E-state index is 12.1. The van der Waals surface area contributed by atoms with E-state index in [0.717, 1.165) is 0 Å². The first-order valence-corrected chi connectivity index (χ1v) is 7.71. The third-order valence-electron chi connectivity index (χ3n) is 2.75. The number of sulfone groups is 1. The Hall–Kier alpha value is -1.84. The fourth-order valence-corrected chi connectivity index (χ4v) is 3.12. The Morgan fingerprint density at radius 1 is 1.00 bits per heavy atom. The predicted molar refractivity (Wildman–Crippen MR) is 67.1 cm³/mol. The monoisotopic (exact) mass is 308 g/mol. The van der Waals surface area contributed by atoms with Crippen molar-refractivity contribution in [2.75, 3.05) is 37.7 Å². The SMILES string of the molecule is O=C(O)CN(CC(=O)O)C(=O)N1CCCS(=O)(=O)CC1. The van der Waals surface area contributed by atoms with Crippen LogP contribution in [-0.2, 0) is 19.4 Å². The molecular formula is C10H16N2O7S. The fraction of sp³-hybridized carbons (Fsp3) is 0.700. The number of rotatable bonds is 4. The Kier molecular flexibility index (Phi) is 5.31. The molecule has 2 N–H and O–H groups in total. The molecule has 2 amide bonds. The van der Waals surface area contributed by atoms with E-state index in [2.05, 4.69) is 0 Å². The summed E-state index contributed by atoms with van der Waals surface area (Å²) in [6.07, 6.45) is 0.252. The second kappa shape index (κ2) is 6.55. The summed E-state index contributed by atoms with van der Waals surface area (Å²) in [6, 6.07) is -0.771. The minimum Gasteiger partial charge on any atom is -0.480 e. The lowest BCUT2D eigenvalue weighted by atomic mass is 10.4. The summed E-state index contributed by atoms with van der Waals surface area (Å²) < 4.78 is 22.8. The van der Waals surface area contributed by atoms with Crippen molar-refractivity contribution in [1.82, 2.24) is 9.80 Å². The molecular weight excluding hydrogens is 292 g/mol. The van der Waals surface area contributed by atoms with Crippen LogP contribution in [0.25, 0.3) is 0 Å². The molecule has 1 heterocycles. The number of hydrogen-bond donors (Lipinski definition) is 2. The summed E-state index contributed by atoms with van der Waals surface area (Å²) in [5, 5.41) is 17.4. The molecule has 0 aromatic carbocycles. The first kappa shape index (κ1) is 16.2. The molecule has 0 atom stereocenters. The van der Waals surface area contributed by atoms with Crippen molar-refractivity contribution in [3.63, 3.8) is 0 Å². The zero-order valence-electron chi connectivity index (χ0n) is 10.7. The van der Waals surface area contributed by atoms with Gasteiger partial charge in [-0.1, -0.05) is 0 Å². The molecule has 0 aromatic rings. The van der Waals surface area contributed by atoms with Crippen molar-refractivity contribution in [1.29, 1.82) is 0 Å². The lowest BCUT2D eigenvalue weighted by molar-refractivity contribution is -0.140. The second-order valence-electron chi connectivity index (χ2n) is 4.42. The Bertz CT molecular complexity index is 486. The zero-order chi connectivity index (χ0) is 15.3. The number of carbonyl (C=O) groups is 3. The van der Waals surface area contributed by atoms with Crippen LogP contribution in [0.1, 0.15) is 6.42 Å². The number of carboxylic acid groups (broad SMARTS) is 2. The molecule has 1 aliphatic heterocycles. The van der Waals surface area contributed by atoms with Crippen molar-refractivity contribution >= 4 is 27.8 Å². The molecule has 1 fully saturated rings. The van der Waals surface area contributed by atoms with Gasteiger partial charge in [-0.15, -0.1) is 0 Å². The van der Waals surface area contributed by atoms with Crippen LogP contribution in [0.3, 0.4) is 0 Å². The number of nitrogens with zero attached hydrogens (tertiary/aromatic N) is 2. The quantitative estimate of drug-likeness (QED) is 0.659. The Morgan fingerprint density at radius 3 is 2.05 bits per heavy atom. The van der Waals surface area contributed by atoms with Gasteiger partial charge in [0.05, 0.1) is 11.5 Å². The number of hydrogen-bond acceptors (Lipinski definition) is 5. The summed E-state index contributed by atoms with van der Waals surface area (Å²) in [4.78, 5) is 35.2. The van der Waals surface area contributed by atoms with Gasteiger partial charge in [0.25, 0.3) is 0 Å². The number of carbonyl (C=O) groups excluding carboxylic acids is 1. The van der Waals surface area contributed by atoms with Gasteiger partial charge in [0.1, 0.15) is 13.1 Å². The summed E-state index contributed by atoms with van der Waals surface area (Å²) >= 11 is 0. The van der Waals surface area contributed by atoms with Crippen LogP contribution >= 0.6 is 0 Å². The number of urea groups is 1. The third kappa shape index (κ3) is 5.03. The minimum absolute atomic E-state index is 0.0331. The van der Waals surface area contributed by atoms with Gasteiger partial charge >= 0.3 is 18.0 Å². The molecule has 0 unspecified atom stereocenters. The molecule has 9 nitrogen and oxygen atoms in total. The lowest BCUT2D eigenvalue weighted by Gasteiger charge is -2.27. The van der Waals surface area contributed by atoms with Crippen molar-refractivity contribution in [2.45, 2.75) is 6.42 Å². The first-order valence-electron chi connectivity index (χ1n) is 5.89. The summed E-state index contributed by atoms with van der Waals surface area (Å²) in [6.45, 7) is -1.38. The average molecular weight is 308 g/mol. The van der Waals surface area contributed by atoms with Crippen molar-refractivity contribution < 1.29 is 33.0 Å². The molecule has 0 radical (unpaired) electrons. The largest absolute Gasteiger partial charge is 0.480 e. The van der Waals surface area contributed by atoms with E-state index < -0.39 is 40.9 Å². The van der Waals surface area contributed by atoms with Gasteiger partial charge in [-0.3, -0.25) is 9.59 Å². The van der Waals surface area contributed by atoms with Crippen molar-refractivity contribution in [2.24, 2.45) is 0 Å². The molecule has 0 saturated carbocycles. The number of carboxylic acids is 2. The van der Waals surface area contributed by atoms with E-state index in [9.17, 15) is 22.8 Å². The molecule has 1 saturated heterocycles. The first-order chi connectivity index (χ1) is 9.21. The molecule has 0 aliphatic carbocycles. The van der Waals surface area contributed by atoms with Gasteiger partial charge < -0.3 is 20.0 Å². The van der Waals surface area contributed by atoms with Crippen molar-refractivity contribution in [3.05, 3.63) is 0 Å².